The van der Waals surface area contributed by atoms with Crippen molar-refractivity contribution in [2.24, 2.45) is 0 Å². The van der Waals surface area contributed by atoms with Crippen molar-refractivity contribution < 1.29 is 9.52 Å². The summed E-state index contributed by atoms with van der Waals surface area (Å²) < 4.78 is 5.60. The van der Waals surface area contributed by atoms with Gasteiger partial charge < -0.3 is 9.52 Å². The number of aromatic hydroxyl groups is 1. The molecule has 0 atom stereocenters. The second kappa shape index (κ2) is 3.63. The number of nitrogens with zero attached hydrogens (tertiary/aromatic N) is 1. The summed E-state index contributed by atoms with van der Waals surface area (Å²) in [7, 11) is 0. The highest BCUT2D eigenvalue weighted by atomic mass is 16.4. The molecule has 0 unspecified atom stereocenters. The highest BCUT2D eigenvalue weighted by molar-refractivity contribution is 5.81. The van der Waals surface area contributed by atoms with Crippen LogP contribution in [0.2, 0.25) is 0 Å². The number of benzene rings is 2. The van der Waals surface area contributed by atoms with Crippen LogP contribution < -0.4 is 0 Å². The third-order valence-corrected chi connectivity index (χ3v) is 2.77. The van der Waals surface area contributed by atoms with Crippen LogP contribution in [-0.4, -0.2) is 10.1 Å². The van der Waals surface area contributed by atoms with Crippen LogP contribution in [0.15, 0.2) is 46.9 Å². The molecule has 2 aromatic carbocycles. The molecule has 0 saturated carbocycles. The predicted molar refractivity (Wildman–Crippen MR) is 65.8 cm³/mol. The van der Waals surface area contributed by atoms with Crippen molar-refractivity contribution in [2.45, 2.75) is 6.92 Å². The van der Waals surface area contributed by atoms with Crippen LogP contribution >= 0.6 is 0 Å². The van der Waals surface area contributed by atoms with E-state index in [0.29, 0.717) is 17.0 Å². The van der Waals surface area contributed by atoms with Crippen LogP contribution in [0, 0.1) is 6.92 Å². The molecule has 1 N–H and O–H groups in total. The fraction of sp³-hybridized carbons (Fsp3) is 0.0714. The van der Waals surface area contributed by atoms with Gasteiger partial charge >= 0.3 is 0 Å². The Morgan fingerprint density at radius 2 is 1.88 bits per heavy atom. The number of aryl methyl sites for hydroxylation is 1. The van der Waals surface area contributed by atoms with Gasteiger partial charge in [-0.25, -0.2) is 4.98 Å². The number of phenols is 1. The molecule has 17 heavy (non-hydrogen) atoms. The van der Waals surface area contributed by atoms with Gasteiger partial charge in [-0.1, -0.05) is 24.3 Å². The maximum Gasteiger partial charge on any atom is 0.227 e. The molecule has 0 aliphatic rings. The number of fused-ring (bicyclic) bond motifs is 1. The van der Waals surface area contributed by atoms with Crippen LogP contribution in [-0.2, 0) is 0 Å². The van der Waals surface area contributed by atoms with E-state index < -0.39 is 0 Å². The Hall–Kier alpha value is -2.29. The average Bonchev–Trinajstić information content (AvgIpc) is 2.75. The summed E-state index contributed by atoms with van der Waals surface area (Å²) in [4.78, 5) is 4.38. The minimum Gasteiger partial charge on any atom is -0.504 e. The minimum atomic E-state index is 0.120. The molecular weight excluding hydrogens is 214 g/mol. The van der Waals surface area contributed by atoms with Gasteiger partial charge in [-0.15, -0.1) is 0 Å². The lowest BCUT2D eigenvalue weighted by atomic mass is 10.1. The molecular formula is C14H11NO2. The summed E-state index contributed by atoms with van der Waals surface area (Å²) in [5.74, 6) is 0.662. The average molecular weight is 225 g/mol. The van der Waals surface area contributed by atoms with Gasteiger partial charge in [-0.3, -0.25) is 0 Å². The Balaban J connectivity index is 2.26. The van der Waals surface area contributed by atoms with Crippen molar-refractivity contribution in [3.05, 3.63) is 48.0 Å². The van der Waals surface area contributed by atoms with E-state index in [0.717, 1.165) is 11.1 Å². The molecule has 3 rings (SSSR count). The summed E-state index contributed by atoms with van der Waals surface area (Å²) >= 11 is 0. The summed E-state index contributed by atoms with van der Waals surface area (Å²) in [6.45, 7) is 2.00. The van der Waals surface area contributed by atoms with E-state index >= 15 is 0 Å². The van der Waals surface area contributed by atoms with Crippen molar-refractivity contribution in [1.29, 1.82) is 0 Å². The third-order valence-electron chi connectivity index (χ3n) is 2.77. The zero-order chi connectivity index (χ0) is 11.8. The molecule has 0 fully saturated rings. The summed E-state index contributed by atoms with van der Waals surface area (Å²) in [5.41, 5.74) is 3.15. The smallest absolute Gasteiger partial charge is 0.227 e. The number of aromatic nitrogens is 1. The molecule has 1 aromatic heterocycles. The van der Waals surface area contributed by atoms with E-state index in [1.54, 1.807) is 12.1 Å². The largest absolute Gasteiger partial charge is 0.504 e. The van der Waals surface area contributed by atoms with Crippen molar-refractivity contribution in [3.63, 3.8) is 0 Å². The number of para-hydroxylation sites is 1. The Kier molecular flexibility index (Phi) is 2.11. The van der Waals surface area contributed by atoms with Crippen LogP contribution in [0.3, 0.4) is 0 Å². The van der Waals surface area contributed by atoms with Crippen LogP contribution in [0.4, 0.5) is 0 Å². The number of phenolic OH excluding ortho intramolecular Hbond substituents is 1. The van der Waals surface area contributed by atoms with Crippen molar-refractivity contribution in [2.75, 3.05) is 0 Å². The topological polar surface area (TPSA) is 46.3 Å². The van der Waals surface area contributed by atoms with E-state index in [4.69, 9.17) is 4.42 Å². The molecule has 0 aliphatic heterocycles. The molecule has 0 radical (unpaired) electrons. The highest BCUT2D eigenvalue weighted by Crippen LogP contribution is 2.30. The lowest BCUT2D eigenvalue weighted by Crippen LogP contribution is -1.81. The molecule has 0 saturated heterocycles. The first-order chi connectivity index (χ1) is 8.25. The Bertz CT molecular complexity index is 686. The summed E-state index contributed by atoms with van der Waals surface area (Å²) in [5, 5.41) is 9.67. The fourth-order valence-corrected chi connectivity index (χ4v) is 1.86. The number of oxazole rings is 1. The Labute approximate surface area is 98.3 Å². The van der Waals surface area contributed by atoms with Gasteiger partial charge in [-0.2, -0.15) is 0 Å². The number of rotatable bonds is 1. The summed E-state index contributed by atoms with van der Waals surface area (Å²) in [6.07, 6.45) is 0. The molecule has 1 heterocycles. The van der Waals surface area contributed by atoms with E-state index in [9.17, 15) is 5.11 Å². The quantitative estimate of drug-likeness (QED) is 0.689. The molecule has 0 aliphatic carbocycles. The van der Waals surface area contributed by atoms with Gasteiger partial charge in [-0.05, 0) is 30.7 Å². The normalized spacial score (nSPS) is 10.9. The van der Waals surface area contributed by atoms with E-state index in [-0.39, 0.29) is 5.75 Å². The SMILES string of the molecule is Cc1ccccc1-c1nc2cccc(O)c2o1. The van der Waals surface area contributed by atoms with Gasteiger partial charge in [0.1, 0.15) is 5.52 Å². The highest BCUT2D eigenvalue weighted by Gasteiger charge is 2.11. The van der Waals surface area contributed by atoms with Gasteiger partial charge in [0.15, 0.2) is 11.3 Å². The molecule has 84 valence electrons. The molecule has 3 aromatic rings. The van der Waals surface area contributed by atoms with Crippen LogP contribution in [0.1, 0.15) is 5.56 Å². The Morgan fingerprint density at radius 3 is 2.65 bits per heavy atom. The maximum atomic E-state index is 9.67. The second-order valence-electron chi connectivity index (χ2n) is 3.96. The first kappa shape index (κ1) is 9.90. The standard InChI is InChI=1S/C14H11NO2/c1-9-5-2-3-6-10(9)14-15-11-7-4-8-12(16)13(11)17-14/h2-8,16H,1H3. The van der Waals surface area contributed by atoms with Crippen molar-refractivity contribution >= 4 is 11.1 Å². The molecule has 3 heteroatoms. The van der Waals surface area contributed by atoms with Crippen LogP contribution in [0.25, 0.3) is 22.6 Å². The third kappa shape index (κ3) is 1.56. The lowest BCUT2D eigenvalue weighted by Gasteiger charge is -1.98. The van der Waals surface area contributed by atoms with Gasteiger partial charge in [0.05, 0.1) is 0 Å². The van der Waals surface area contributed by atoms with Gasteiger partial charge in [0.2, 0.25) is 5.89 Å². The van der Waals surface area contributed by atoms with Crippen LogP contribution in [0.5, 0.6) is 5.75 Å². The first-order valence-corrected chi connectivity index (χ1v) is 5.40. The maximum absolute atomic E-state index is 9.67. The molecule has 0 spiro atoms. The minimum absolute atomic E-state index is 0.120. The van der Waals surface area contributed by atoms with Gasteiger partial charge in [0, 0.05) is 5.56 Å². The number of hydrogen-bond acceptors (Lipinski definition) is 3. The number of hydrogen-bond donors (Lipinski definition) is 1. The van der Waals surface area contributed by atoms with Crippen molar-refractivity contribution in [1.82, 2.24) is 4.98 Å². The van der Waals surface area contributed by atoms with Crippen molar-refractivity contribution in [3.8, 4) is 17.2 Å². The van der Waals surface area contributed by atoms with Gasteiger partial charge in [0.25, 0.3) is 0 Å². The summed E-state index contributed by atoms with van der Waals surface area (Å²) in [6, 6.07) is 13.0. The van der Waals surface area contributed by atoms with E-state index in [1.807, 2.05) is 37.3 Å². The monoisotopic (exact) mass is 225 g/mol. The second-order valence-corrected chi connectivity index (χ2v) is 3.96. The van der Waals surface area contributed by atoms with E-state index in [1.165, 1.54) is 0 Å². The Morgan fingerprint density at radius 1 is 1.06 bits per heavy atom. The lowest BCUT2D eigenvalue weighted by molar-refractivity contribution is 0.466. The molecule has 3 nitrogen and oxygen atoms in total. The fourth-order valence-electron chi connectivity index (χ4n) is 1.86. The molecule has 0 bridgehead atoms. The van der Waals surface area contributed by atoms with E-state index in [2.05, 4.69) is 4.98 Å². The zero-order valence-electron chi connectivity index (χ0n) is 9.34. The zero-order valence-corrected chi connectivity index (χ0v) is 9.34. The molecule has 0 amide bonds. The first-order valence-electron chi connectivity index (χ1n) is 5.40. The predicted octanol–water partition coefficient (Wildman–Crippen LogP) is 3.51.